The van der Waals surface area contributed by atoms with Gasteiger partial charge in [-0.25, -0.2) is 14.1 Å². The Hall–Kier alpha value is -2.80. The van der Waals surface area contributed by atoms with Crippen LogP contribution in [-0.4, -0.2) is 19.9 Å². The highest BCUT2D eigenvalue weighted by Crippen LogP contribution is 2.16. The highest BCUT2D eigenvalue weighted by Gasteiger charge is 2.06. The minimum absolute atomic E-state index is 0.269. The number of hydrogen-bond acceptors (Lipinski definition) is 3. The van der Waals surface area contributed by atoms with Crippen LogP contribution in [0.4, 0.5) is 16.0 Å². The first-order valence-electron chi connectivity index (χ1n) is 7.79. The van der Waals surface area contributed by atoms with E-state index < -0.39 is 0 Å². The Labute approximate surface area is 150 Å². The SMILES string of the molecule is Cc1ccc(C)c(NC(=S)Nc2ncn(Cc3cccc(F)c3)n2)c1. The number of thiocarbonyl (C=S) groups is 1. The Balaban J connectivity index is 1.62. The number of benzene rings is 2. The summed E-state index contributed by atoms with van der Waals surface area (Å²) in [4.78, 5) is 4.18. The largest absolute Gasteiger partial charge is 0.332 e. The monoisotopic (exact) mass is 355 g/mol. The molecule has 0 fully saturated rings. The molecule has 0 saturated carbocycles. The quantitative estimate of drug-likeness (QED) is 0.696. The number of aromatic nitrogens is 3. The molecular formula is C18H18FN5S. The fourth-order valence-corrected chi connectivity index (χ4v) is 2.58. The van der Waals surface area contributed by atoms with E-state index in [1.165, 1.54) is 12.1 Å². The minimum atomic E-state index is -0.269. The molecule has 0 atom stereocenters. The molecule has 2 aromatic carbocycles. The number of halogens is 1. The molecule has 25 heavy (non-hydrogen) atoms. The maximum absolute atomic E-state index is 13.2. The average molecular weight is 355 g/mol. The van der Waals surface area contributed by atoms with Crippen molar-refractivity contribution in [3.8, 4) is 0 Å². The van der Waals surface area contributed by atoms with Gasteiger partial charge in [-0.3, -0.25) is 5.32 Å². The van der Waals surface area contributed by atoms with E-state index in [4.69, 9.17) is 12.2 Å². The molecule has 128 valence electrons. The number of nitrogens with zero attached hydrogens (tertiary/aromatic N) is 3. The van der Waals surface area contributed by atoms with Crippen LogP contribution < -0.4 is 10.6 Å². The molecule has 0 radical (unpaired) electrons. The summed E-state index contributed by atoms with van der Waals surface area (Å²) in [5.74, 6) is 0.120. The van der Waals surface area contributed by atoms with E-state index in [-0.39, 0.29) is 5.82 Å². The van der Waals surface area contributed by atoms with Crippen LogP contribution in [0, 0.1) is 19.7 Å². The van der Waals surface area contributed by atoms with E-state index in [0.29, 0.717) is 17.6 Å². The van der Waals surface area contributed by atoms with Crippen molar-refractivity contribution >= 4 is 29.0 Å². The van der Waals surface area contributed by atoms with Crippen LogP contribution in [0.1, 0.15) is 16.7 Å². The van der Waals surface area contributed by atoms with Crippen molar-refractivity contribution < 1.29 is 4.39 Å². The van der Waals surface area contributed by atoms with Gasteiger partial charge in [-0.05, 0) is 61.0 Å². The first-order valence-corrected chi connectivity index (χ1v) is 8.19. The fourth-order valence-electron chi connectivity index (χ4n) is 2.38. The third-order valence-corrected chi connectivity index (χ3v) is 3.84. The van der Waals surface area contributed by atoms with Crippen molar-refractivity contribution in [1.29, 1.82) is 0 Å². The zero-order valence-electron chi connectivity index (χ0n) is 14.0. The van der Waals surface area contributed by atoms with Crippen molar-refractivity contribution in [3.63, 3.8) is 0 Å². The molecule has 0 spiro atoms. The highest BCUT2D eigenvalue weighted by molar-refractivity contribution is 7.80. The van der Waals surface area contributed by atoms with Crippen LogP contribution in [0.3, 0.4) is 0 Å². The van der Waals surface area contributed by atoms with Crippen LogP contribution in [0.25, 0.3) is 0 Å². The van der Waals surface area contributed by atoms with Gasteiger partial charge in [0.15, 0.2) is 5.11 Å². The molecule has 7 heteroatoms. The van der Waals surface area contributed by atoms with Gasteiger partial charge < -0.3 is 5.32 Å². The predicted molar refractivity (Wildman–Crippen MR) is 101 cm³/mol. The lowest BCUT2D eigenvalue weighted by molar-refractivity contribution is 0.619. The second-order valence-electron chi connectivity index (χ2n) is 5.79. The van der Waals surface area contributed by atoms with Crippen LogP contribution in [-0.2, 0) is 6.54 Å². The fraction of sp³-hybridized carbons (Fsp3) is 0.167. The lowest BCUT2D eigenvalue weighted by Crippen LogP contribution is -2.20. The first-order chi connectivity index (χ1) is 12.0. The van der Waals surface area contributed by atoms with Gasteiger partial charge in [0, 0.05) is 5.69 Å². The molecule has 3 aromatic rings. The lowest BCUT2D eigenvalue weighted by atomic mass is 10.1. The molecular weight excluding hydrogens is 337 g/mol. The van der Waals surface area contributed by atoms with Crippen molar-refractivity contribution in [1.82, 2.24) is 14.8 Å². The van der Waals surface area contributed by atoms with E-state index in [9.17, 15) is 4.39 Å². The maximum atomic E-state index is 13.2. The lowest BCUT2D eigenvalue weighted by Gasteiger charge is -2.11. The summed E-state index contributed by atoms with van der Waals surface area (Å²) in [7, 11) is 0. The van der Waals surface area contributed by atoms with Gasteiger partial charge in [0.25, 0.3) is 0 Å². The molecule has 1 aromatic heterocycles. The van der Waals surface area contributed by atoms with Crippen molar-refractivity contribution in [3.05, 3.63) is 71.3 Å². The summed E-state index contributed by atoms with van der Waals surface area (Å²) in [5.41, 5.74) is 4.00. The van der Waals surface area contributed by atoms with E-state index >= 15 is 0 Å². The number of rotatable bonds is 4. The summed E-state index contributed by atoms with van der Waals surface area (Å²) in [5, 5.41) is 10.8. The van der Waals surface area contributed by atoms with Crippen LogP contribution in [0.5, 0.6) is 0 Å². The first kappa shape index (κ1) is 17.0. The average Bonchev–Trinajstić information content (AvgIpc) is 2.97. The van der Waals surface area contributed by atoms with Crippen molar-refractivity contribution in [2.24, 2.45) is 0 Å². The molecule has 0 amide bonds. The van der Waals surface area contributed by atoms with Crippen LogP contribution >= 0.6 is 12.2 Å². The molecule has 1 heterocycles. The zero-order chi connectivity index (χ0) is 17.8. The molecule has 0 bridgehead atoms. The van der Waals surface area contributed by atoms with Gasteiger partial charge >= 0.3 is 0 Å². The van der Waals surface area contributed by atoms with E-state index in [0.717, 1.165) is 22.4 Å². The van der Waals surface area contributed by atoms with E-state index in [1.54, 1.807) is 17.1 Å². The number of nitrogens with one attached hydrogen (secondary N) is 2. The molecule has 0 aliphatic heterocycles. The van der Waals surface area contributed by atoms with Crippen LogP contribution in [0.15, 0.2) is 48.8 Å². The van der Waals surface area contributed by atoms with Crippen LogP contribution in [0.2, 0.25) is 0 Å². The van der Waals surface area contributed by atoms with E-state index in [2.05, 4.69) is 20.7 Å². The zero-order valence-corrected chi connectivity index (χ0v) is 14.8. The number of hydrogen-bond donors (Lipinski definition) is 2. The maximum Gasteiger partial charge on any atom is 0.248 e. The van der Waals surface area contributed by atoms with Gasteiger partial charge in [-0.1, -0.05) is 24.3 Å². The molecule has 5 nitrogen and oxygen atoms in total. The third-order valence-electron chi connectivity index (χ3n) is 3.64. The summed E-state index contributed by atoms with van der Waals surface area (Å²) in [6, 6.07) is 12.5. The summed E-state index contributed by atoms with van der Waals surface area (Å²) >= 11 is 5.32. The van der Waals surface area contributed by atoms with Gasteiger partial charge in [-0.15, -0.1) is 5.10 Å². The third kappa shape index (κ3) is 4.60. The molecule has 3 rings (SSSR count). The van der Waals surface area contributed by atoms with Gasteiger partial charge in [0.1, 0.15) is 12.1 Å². The molecule has 2 N–H and O–H groups in total. The van der Waals surface area contributed by atoms with Crippen molar-refractivity contribution in [2.75, 3.05) is 10.6 Å². The Kier molecular flexibility index (Phi) is 5.04. The van der Waals surface area contributed by atoms with Gasteiger partial charge in [0.2, 0.25) is 5.95 Å². The molecule has 0 aliphatic carbocycles. The Morgan fingerprint density at radius 1 is 1.16 bits per heavy atom. The summed E-state index contributed by atoms with van der Waals surface area (Å²) < 4.78 is 14.9. The van der Waals surface area contributed by atoms with Crippen molar-refractivity contribution in [2.45, 2.75) is 20.4 Å². The number of anilines is 2. The standard InChI is InChI=1S/C18H18FN5S/c1-12-6-7-13(2)16(8-12)21-18(25)22-17-20-11-24(23-17)10-14-4-3-5-15(19)9-14/h3-9,11H,10H2,1-2H3,(H2,21,22,23,25). The second kappa shape index (κ2) is 7.40. The van der Waals surface area contributed by atoms with Gasteiger partial charge in [0.05, 0.1) is 6.54 Å². The Morgan fingerprint density at radius 3 is 2.80 bits per heavy atom. The number of aryl methyl sites for hydroxylation is 2. The Morgan fingerprint density at radius 2 is 2.00 bits per heavy atom. The second-order valence-corrected chi connectivity index (χ2v) is 6.20. The molecule has 0 saturated heterocycles. The minimum Gasteiger partial charge on any atom is -0.332 e. The topological polar surface area (TPSA) is 54.8 Å². The smallest absolute Gasteiger partial charge is 0.248 e. The predicted octanol–water partition coefficient (Wildman–Crippen LogP) is 3.89. The summed E-state index contributed by atoms with van der Waals surface area (Å²) in [6.45, 7) is 4.47. The molecule has 0 unspecified atom stereocenters. The van der Waals surface area contributed by atoms with E-state index in [1.807, 2.05) is 38.1 Å². The normalized spacial score (nSPS) is 10.5. The van der Waals surface area contributed by atoms with Gasteiger partial charge in [-0.2, -0.15) is 0 Å². The Bertz CT molecular complexity index is 906. The molecule has 0 aliphatic rings. The highest BCUT2D eigenvalue weighted by atomic mass is 32.1. The summed E-state index contributed by atoms with van der Waals surface area (Å²) in [6.07, 6.45) is 1.58.